The third kappa shape index (κ3) is 9.23. The molecule has 44 heavy (non-hydrogen) atoms. The summed E-state index contributed by atoms with van der Waals surface area (Å²) in [5.41, 5.74) is -5.94. The lowest BCUT2D eigenvalue weighted by atomic mass is 9.93. The van der Waals surface area contributed by atoms with Gasteiger partial charge in [-0.15, -0.1) is 0 Å². The lowest BCUT2D eigenvalue weighted by molar-refractivity contribution is -0.214. The zero-order chi connectivity index (χ0) is 33.4. The summed E-state index contributed by atoms with van der Waals surface area (Å²) in [6.45, 7) is -2.76. The third-order valence-electron chi connectivity index (χ3n) is 5.82. The number of rotatable bonds is 7. The lowest BCUT2D eigenvalue weighted by Crippen LogP contribution is -2.44. The molecule has 1 fully saturated rings. The number of hydrogen-bond donors (Lipinski definition) is 1. The number of halogens is 14. The van der Waals surface area contributed by atoms with E-state index in [1.54, 1.807) is 5.32 Å². The molecule has 1 aliphatic heterocycles. The van der Waals surface area contributed by atoms with Crippen LogP contribution in [0.4, 0.5) is 57.1 Å². The Kier molecular flexibility index (Phi) is 9.89. The number of carbonyl (C=O) groups excluding carboxylic acids is 2. The van der Waals surface area contributed by atoms with Crippen LogP contribution >= 0.6 is 11.6 Å². The predicted molar refractivity (Wildman–Crippen MR) is 126 cm³/mol. The number of nitrogens with one attached hydrogen (secondary N) is 1. The van der Waals surface area contributed by atoms with E-state index in [4.69, 9.17) is 11.6 Å². The van der Waals surface area contributed by atoms with E-state index in [0.29, 0.717) is 24.3 Å². The Hall–Kier alpha value is -3.54. The van der Waals surface area contributed by atoms with E-state index >= 15 is 4.39 Å². The molecule has 242 valence electrons. The molecule has 0 aromatic heterocycles. The topological polar surface area (TPSA) is 58.6 Å². The molecule has 1 N–H and O–H groups in total. The van der Waals surface area contributed by atoms with Crippen LogP contribution in [0, 0.1) is 0 Å². The van der Waals surface area contributed by atoms with E-state index < -0.39 is 107 Å². The molecular weight excluding hydrogens is 659 g/mol. The first-order valence-corrected chi connectivity index (χ1v) is 12.2. The molecule has 0 radical (unpaired) electrons. The Morgan fingerprint density at radius 2 is 1.61 bits per heavy atom. The van der Waals surface area contributed by atoms with E-state index in [2.05, 4.69) is 4.84 Å². The molecule has 3 rings (SSSR count). The zero-order valence-electron chi connectivity index (χ0n) is 21.3. The zero-order valence-corrected chi connectivity index (χ0v) is 22.0. The van der Waals surface area contributed by atoms with Gasteiger partial charge in [0.1, 0.15) is 30.9 Å². The summed E-state index contributed by atoms with van der Waals surface area (Å²) in [4.78, 5) is 29.1. The predicted octanol–water partition coefficient (Wildman–Crippen LogP) is 7.55. The van der Waals surface area contributed by atoms with Gasteiger partial charge < -0.3 is 5.32 Å². The Bertz CT molecular complexity index is 1430. The van der Waals surface area contributed by atoms with Crippen molar-refractivity contribution in [3.63, 3.8) is 0 Å². The van der Waals surface area contributed by atoms with Crippen LogP contribution in [0.3, 0.4) is 0 Å². The second-order valence-electron chi connectivity index (χ2n) is 9.29. The number of alkyl halides is 12. The van der Waals surface area contributed by atoms with Crippen molar-refractivity contribution >= 4 is 29.2 Å². The van der Waals surface area contributed by atoms with E-state index in [1.165, 1.54) is 0 Å². The smallest absolute Gasteiger partial charge is 0.338 e. The van der Waals surface area contributed by atoms with Gasteiger partial charge in [0.25, 0.3) is 11.8 Å². The quantitative estimate of drug-likeness (QED) is 0.309. The SMILES string of the molecule is O=C(NC1CON(CC(F)(F)F)C1=O)c1ccc(/C(F)=C/C(c2cc(Cl)cc(CC(F)(F)F)c2)C(F)(F)F)cc1C(F)(F)F. The number of nitrogens with zero attached hydrogens (tertiary/aromatic N) is 1. The molecule has 2 aromatic carbocycles. The van der Waals surface area contributed by atoms with Crippen molar-refractivity contribution in [2.24, 2.45) is 0 Å². The van der Waals surface area contributed by atoms with Crippen molar-refractivity contribution in [1.29, 1.82) is 0 Å². The molecule has 2 amide bonds. The maximum absolute atomic E-state index is 15.1. The largest absolute Gasteiger partial charge is 0.417 e. The molecule has 0 bridgehead atoms. The number of amides is 2. The summed E-state index contributed by atoms with van der Waals surface area (Å²) in [6.07, 6.45) is -22.4. The fourth-order valence-corrected chi connectivity index (χ4v) is 4.30. The van der Waals surface area contributed by atoms with Gasteiger partial charge in [-0.1, -0.05) is 23.7 Å². The summed E-state index contributed by atoms with van der Waals surface area (Å²) in [6, 6.07) is 0.725. The van der Waals surface area contributed by atoms with E-state index in [-0.39, 0.29) is 17.2 Å². The van der Waals surface area contributed by atoms with Gasteiger partial charge in [-0.25, -0.2) is 9.45 Å². The highest BCUT2D eigenvalue weighted by atomic mass is 35.5. The van der Waals surface area contributed by atoms with Crippen molar-refractivity contribution in [3.05, 3.63) is 75.3 Å². The highest BCUT2D eigenvalue weighted by molar-refractivity contribution is 6.30. The van der Waals surface area contributed by atoms with Gasteiger partial charge in [0, 0.05) is 10.6 Å². The van der Waals surface area contributed by atoms with E-state index in [9.17, 15) is 62.3 Å². The molecular formula is C25H16ClF13N2O3. The Morgan fingerprint density at radius 1 is 0.977 bits per heavy atom. The van der Waals surface area contributed by atoms with Gasteiger partial charge >= 0.3 is 24.7 Å². The van der Waals surface area contributed by atoms with Crippen molar-refractivity contribution < 1.29 is 71.5 Å². The van der Waals surface area contributed by atoms with Crippen LogP contribution in [0.15, 0.2) is 42.5 Å². The van der Waals surface area contributed by atoms with Gasteiger partial charge in [0.05, 0.1) is 17.5 Å². The van der Waals surface area contributed by atoms with Crippen LogP contribution in [-0.2, 0) is 22.2 Å². The average molecular weight is 675 g/mol. The van der Waals surface area contributed by atoms with Crippen LogP contribution in [0.2, 0.25) is 5.02 Å². The van der Waals surface area contributed by atoms with Gasteiger partial charge in [-0.2, -0.15) is 52.7 Å². The van der Waals surface area contributed by atoms with Crippen LogP contribution in [0.1, 0.15) is 38.5 Å². The first-order chi connectivity index (χ1) is 19.9. The standard InChI is InChI=1S/C25H16ClF13N2O3/c26-14-4-11(8-22(28,29)30)3-13(5-14)16(24(34,35)36)7-18(27)12-1-2-15(17(6-12)25(37,38)39)20(42)40-19-9-44-41(21(19)43)10-23(31,32)33/h1-7,16,19H,8-10H2,(H,40,42)/b18-7-. The molecule has 1 heterocycles. The fraction of sp³-hybridized carbons (Fsp3) is 0.360. The van der Waals surface area contributed by atoms with E-state index in [0.717, 1.165) is 6.07 Å². The lowest BCUT2D eigenvalue weighted by Gasteiger charge is -2.20. The van der Waals surface area contributed by atoms with Crippen LogP contribution in [0.25, 0.3) is 5.83 Å². The molecule has 1 saturated heterocycles. The molecule has 2 unspecified atom stereocenters. The van der Waals surface area contributed by atoms with Gasteiger partial charge in [-0.3, -0.25) is 14.4 Å². The minimum atomic E-state index is -5.44. The first kappa shape index (κ1) is 34.9. The van der Waals surface area contributed by atoms with Crippen molar-refractivity contribution in [1.82, 2.24) is 10.4 Å². The molecule has 2 atom stereocenters. The number of hydroxylamine groups is 2. The Labute approximate surface area is 243 Å². The number of allylic oxidation sites excluding steroid dienone is 1. The third-order valence-corrected chi connectivity index (χ3v) is 6.04. The summed E-state index contributed by atoms with van der Waals surface area (Å²) in [5, 5.41) is 1.02. The molecule has 1 aliphatic rings. The molecule has 0 spiro atoms. The molecule has 5 nitrogen and oxygen atoms in total. The Morgan fingerprint density at radius 3 is 2.16 bits per heavy atom. The second-order valence-corrected chi connectivity index (χ2v) is 9.73. The van der Waals surface area contributed by atoms with Crippen LogP contribution < -0.4 is 5.32 Å². The van der Waals surface area contributed by atoms with Gasteiger partial charge in [0.15, 0.2) is 0 Å². The van der Waals surface area contributed by atoms with Crippen molar-refractivity contribution in [2.45, 2.75) is 43.1 Å². The highest BCUT2D eigenvalue weighted by Crippen LogP contribution is 2.41. The van der Waals surface area contributed by atoms with Gasteiger partial charge in [0.2, 0.25) is 0 Å². The molecule has 0 aliphatic carbocycles. The van der Waals surface area contributed by atoms with Gasteiger partial charge in [-0.05, 0) is 41.5 Å². The minimum Gasteiger partial charge on any atom is -0.338 e. The monoisotopic (exact) mass is 674 g/mol. The van der Waals surface area contributed by atoms with Crippen LogP contribution in [-0.4, -0.2) is 54.6 Å². The molecule has 19 heteroatoms. The molecule has 0 saturated carbocycles. The van der Waals surface area contributed by atoms with E-state index in [1.807, 2.05) is 0 Å². The van der Waals surface area contributed by atoms with Crippen LogP contribution in [0.5, 0.6) is 0 Å². The summed E-state index contributed by atoms with van der Waals surface area (Å²) in [5.74, 6) is -7.98. The van der Waals surface area contributed by atoms with Crippen molar-refractivity contribution in [2.75, 3.05) is 13.2 Å². The fourth-order valence-electron chi connectivity index (χ4n) is 4.04. The number of benzene rings is 2. The first-order valence-electron chi connectivity index (χ1n) is 11.8. The number of carbonyl (C=O) groups is 2. The minimum absolute atomic E-state index is 0.0375. The summed E-state index contributed by atoms with van der Waals surface area (Å²) < 4.78 is 174. The second kappa shape index (κ2) is 12.5. The number of hydrogen-bond acceptors (Lipinski definition) is 3. The normalized spacial score (nSPS) is 17.7. The average Bonchev–Trinajstić information content (AvgIpc) is 3.16. The Balaban J connectivity index is 1.96. The maximum atomic E-state index is 15.1. The van der Waals surface area contributed by atoms with Crippen molar-refractivity contribution in [3.8, 4) is 0 Å². The summed E-state index contributed by atoms with van der Waals surface area (Å²) >= 11 is 5.66. The highest BCUT2D eigenvalue weighted by Gasteiger charge is 2.43. The maximum Gasteiger partial charge on any atom is 0.417 e. The summed E-state index contributed by atoms with van der Waals surface area (Å²) in [7, 11) is 0. The molecule has 2 aromatic rings.